The third-order valence-corrected chi connectivity index (χ3v) is 3.66. The smallest absolute Gasteiger partial charge is 0.120 e. The molecule has 3 nitrogen and oxygen atoms in total. The fourth-order valence-electron chi connectivity index (χ4n) is 1.13. The average Bonchev–Trinajstić information content (AvgIpc) is 2.29. The molecule has 4 heteroatoms. The van der Waals surface area contributed by atoms with Crippen LogP contribution in [0.4, 0.5) is 0 Å². The molecule has 16 heavy (non-hydrogen) atoms. The molecular weight excluding hydrogens is 222 g/mol. The lowest BCUT2D eigenvalue weighted by Gasteiger charge is -2.07. The Morgan fingerprint density at radius 3 is 2.88 bits per heavy atom. The van der Waals surface area contributed by atoms with Gasteiger partial charge in [-0.2, -0.15) is 5.26 Å². The molecule has 0 amide bonds. The second-order valence-electron chi connectivity index (χ2n) is 3.62. The lowest BCUT2D eigenvalue weighted by atomic mass is 10.2. The van der Waals surface area contributed by atoms with Gasteiger partial charge in [0.25, 0.3) is 0 Å². The highest BCUT2D eigenvalue weighted by molar-refractivity contribution is 7.85. The first-order chi connectivity index (χ1) is 7.63. The Hall–Kier alpha value is -1.34. The standard InChI is InChI=1S/C12H15NO2S/c1-10(2)16(14)7-6-15-12-5-3-4-11(8-12)9-13/h3-5,8,10H,6-7H2,1-2H3. The van der Waals surface area contributed by atoms with Crippen LogP contribution in [0.5, 0.6) is 5.75 Å². The molecule has 86 valence electrons. The number of rotatable bonds is 5. The van der Waals surface area contributed by atoms with Crippen molar-refractivity contribution < 1.29 is 8.95 Å². The van der Waals surface area contributed by atoms with Gasteiger partial charge in [0, 0.05) is 16.0 Å². The normalized spacial score (nSPS) is 12.1. The molecule has 1 aromatic rings. The van der Waals surface area contributed by atoms with Crippen LogP contribution >= 0.6 is 0 Å². The van der Waals surface area contributed by atoms with Gasteiger partial charge >= 0.3 is 0 Å². The number of hydrogen-bond donors (Lipinski definition) is 0. The molecule has 0 spiro atoms. The topological polar surface area (TPSA) is 50.1 Å². The molecule has 1 aromatic carbocycles. The molecule has 0 radical (unpaired) electrons. The lowest BCUT2D eigenvalue weighted by Crippen LogP contribution is -2.15. The average molecular weight is 237 g/mol. The molecule has 1 unspecified atom stereocenters. The summed E-state index contributed by atoms with van der Waals surface area (Å²) in [5.74, 6) is 1.17. The molecule has 0 heterocycles. The van der Waals surface area contributed by atoms with E-state index >= 15 is 0 Å². The summed E-state index contributed by atoms with van der Waals surface area (Å²) in [7, 11) is -0.843. The van der Waals surface area contributed by atoms with E-state index in [0.29, 0.717) is 23.7 Å². The van der Waals surface area contributed by atoms with Crippen LogP contribution in [0.3, 0.4) is 0 Å². The maximum Gasteiger partial charge on any atom is 0.120 e. The van der Waals surface area contributed by atoms with Crippen molar-refractivity contribution in [1.82, 2.24) is 0 Å². The minimum absolute atomic E-state index is 0.161. The number of benzene rings is 1. The van der Waals surface area contributed by atoms with E-state index < -0.39 is 10.8 Å². The van der Waals surface area contributed by atoms with Gasteiger partial charge in [0.05, 0.1) is 24.0 Å². The van der Waals surface area contributed by atoms with Crippen LogP contribution in [0.2, 0.25) is 0 Å². The summed E-state index contributed by atoms with van der Waals surface area (Å²) in [6.45, 7) is 4.26. The van der Waals surface area contributed by atoms with E-state index in [-0.39, 0.29) is 5.25 Å². The third-order valence-electron chi connectivity index (χ3n) is 2.04. The summed E-state index contributed by atoms with van der Waals surface area (Å²) in [5.41, 5.74) is 0.572. The van der Waals surface area contributed by atoms with E-state index in [9.17, 15) is 4.21 Å². The monoisotopic (exact) mass is 237 g/mol. The van der Waals surface area contributed by atoms with Crippen LogP contribution in [0.25, 0.3) is 0 Å². The molecule has 0 saturated heterocycles. The molecule has 0 saturated carbocycles. The van der Waals surface area contributed by atoms with Crippen molar-refractivity contribution in [3.63, 3.8) is 0 Å². The summed E-state index contributed by atoms with van der Waals surface area (Å²) in [6.07, 6.45) is 0. The van der Waals surface area contributed by atoms with Gasteiger partial charge in [0.15, 0.2) is 0 Å². The molecule has 1 atom stereocenters. The largest absolute Gasteiger partial charge is 0.493 e. The summed E-state index contributed by atoms with van der Waals surface area (Å²) >= 11 is 0. The molecule has 0 aliphatic heterocycles. The SMILES string of the molecule is CC(C)S(=O)CCOc1cccc(C#N)c1. The highest BCUT2D eigenvalue weighted by Gasteiger charge is 2.05. The highest BCUT2D eigenvalue weighted by atomic mass is 32.2. The Labute approximate surface area is 98.5 Å². The van der Waals surface area contributed by atoms with E-state index in [1.807, 2.05) is 19.9 Å². The second-order valence-corrected chi connectivity index (χ2v) is 5.73. The van der Waals surface area contributed by atoms with E-state index in [2.05, 4.69) is 0 Å². The number of ether oxygens (including phenoxy) is 1. The summed E-state index contributed by atoms with van der Waals surface area (Å²) < 4.78 is 16.9. The molecule has 0 aliphatic carbocycles. The van der Waals surface area contributed by atoms with Gasteiger partial charge in [-0.15, -0.1) is 0 Å². The minimum Gasteiger partial charge on any atom is -0.493 e. The van der Waals surface area contributed by atoms with Crippen molar-refractivity contribution >= 4 is 10.8 Å². The van der Waals surface area contributed by atoms with Crippen LogP contribution in [-0.2, 0) is 10.8 Å². The Morgan fingerprint density at radius 1 is 1.50 bits per heavy atom. The van der Waals surface area contributed by atoms with Crippen LogP contribution < -0.4 is 4.74 Å². The zero-order valence-electron chi connectivity index (χ0n) is 9.47. The van der Waals surface area contributed by atoms with E-state index in [1.165, 1.54) is 0 Å². The van der Waals surface area contributed by atoms with E-state index in [4.69, 9.17) is 10.00 Å². The lowest BCUT2D eigenvalue weighted by molar-refractivity contribution is 0.342. The summed E-state index contributed by atoms with van der Waals surface area (Å²) in [4.78, 5) is 0. The fraction of sp³-hybridized carbons (Fsp3) is 0.417. The molecular formula is C12H15NO2S. The zero-order chi connectivity index (χ0) is 12.0. The van der Waals surface area contributed by atoms with Crippen molar-refractivity contribution in [2.45, 2.75) is 19.1 Å². The molecule has 0 fully saturated rings. The maximum atomic E-state index is 11.4. The molecule has 0 aliphatic rings. The van der Waals surface area contributed by atoms with Gasteiger partial charge in [0.2, 0.25) is 0 Å². The van der Waals surface area contributed by atoms with Crippen LogP contribution in [0.1, 0.15) is 19.4 Å². The van der Waals surface area contributed by atoms with Gasteiger partial charge in [-0.25, -0.2) is 0 Å². The second kappa shape index (κ2) is 6.29. The maximum absolute atomic E-state index is 11.4. The summed E-state index contributed by atoms with van der Waals surface area (Å²) in [6, 6.07) is 9.01. The number of nitrogens with zero attached hydrogens (tertiary/aromatic N) is 1. The van der Waals surface area contributed by atoms with Crippen molar-refractivity contribution in [2.24, 2.45) is 0 Å². The van der Waals surface area contributed by atoms with Crippen molar-refractivity contribution in [3.05, 3.63) is 29.8 Å². The molecule has 0 bridgehead atoms. The third kappa shape index (κ3) is 4.03. The van der Waals surface area contributed by atoms with Gasteiger partial charge in [-0.1, -0.05) is 19.9 Å². The summed E-state index contributed by atoms with van der Waals surface area (Å²) in [5, 5.41) is 8.86. The Kier molecular flexibility index (Phi) is 5.00. The first-order valence-electron chi connectivity index (χ1n) is 5.13. The van der Waals surface area contributed by atoms with Gasteiger partial charge in [-0.05, 0) is 18.2 Å². The quantitative estimate of drug-likeness (QED) is 0.788. The first-order valence-corrected chi connectivity index (χ1v) is 6.52. The van der Waals surface area contributed by atoms with Gasteiger partial charge < -0.3 is 4.74 Å². The van der Waals surface area contributed by atoms with Crippen LogP contribution in [-0.4, -0.2) is 21.8 Å². The van der Waals surface area contributed by atoms with Crippen molar-refractivity contribution in [1.29, 1.82) is 5.26 Å². The van der Waals surface area contributed by atoms with Gasteiger partial charge in [0.1, 0.15) is 5.75 Å². The van der Waals surface area contributed by atoms with E-state index in [1.54, 1.807) is 24.3 Å². The Balaban J connectivity index is 2.43. The minimum atomic E-state index is -0.843. The number of hydrogen-bond acceptors (Lipinski definition) is 3. The molecule has 1 rings (SSSR count). The first kappa shape index (κ1) is 12.7. The Bertz CT molecular complexity index is 410. The van der Waals surface area contributed by atoms with Crippen LogP contribution in [0, 0.1) is 11.3 Å². The Morgan fingerprint density at radius 2 is 2.25 bits per heavy atom. The molecule has 0 aromatic heterocycles. The van der Waals surface area contributed by atoms with Gasteiger partial charge in [-0.3, -0.25) is 4.21 Å². The zero-order valence-corrected chi connectivity index (χ0v) is 10.3. The fourth-order valence-corrected chi connectivity index (χ4v) is 1.85. The van der Waals surface area contributed by atoms with E-state index in [0.717, 1.165) is 0 Å². The van der Waals surface area contributed by atoms with Crippen LogP contribution in [0.15, 0.2) is 24.3 Å². The number of nitriles is 1. The predicted octanol–water partition coefficient (Wildman–Crippen LogP) is 2.09. The molecule has 0 N–H and O–H groups in total. The van der Waals surface area contributed by atoms with Crippen molar-refractivity contribution in [2.75, 3.05) is 12.4 Å². The predicted molar refractivity (Wildman–Crippen MR) is 64.8 cm³/mol. The van der Waals surface area contributed by atoms with Crippen molar-refractivity contribution in [3.8, 4) is 11.8 Å². The highest BCUT2D eigenvalue weighted by Crippen LogP contribution is 2.12.